The van der Waals surface area contributed by atoms with Gasteiger partial charge in [0.05, 0.1) is 23.6 Å². The average Bonchev–Trinajstić information content (AvgIpc) is 2.80. The minimum absolute atomic E-state index is 0.0502. The van der Waals surface area contributed by atoms with Crippen molar-refractivity contribution in [3.8, 4) is 0 Å². The van der Waals surface area contributed by atoms with Crippen molar-refractivity contribution in [2.45, 2.75) is 58.3 Å². The third-order valence-electron chi connectivity index (χ3n) is 6.93. The highest BCUT2D eigenvalue weighted by atomic mass is 35.5. The molecule has 35 heavy (non-hydrogen) atoms. The summed E-state index contributed by atoms with van der Waals surface area (Å²) in [6.07, 6.45) is 7.98. The SMILES string of the molecule is C/C(=C\c1cncc(Cl)c1)C1OC(=O)C[C@H](O)CC[C@H](C)[C@@H]([C@H]2CNCCN2C(=O)O)/C=C/[C@@H]1C. The van der Waals surface area contributed by atoms with Crippen molar-refractivity contribution < 1.29 is 24.5 Å². The molecule has 1 saturated heterocycles. The minimum atomic E-state index is -0.919. The number of halogens is 1. The van der Waals surface area contributed by atoms with Crippen LogP contribution < -0.4 is 5.32 Å². The zero-order chi connectivity index (χ0) is 25.5. The van der Waals surface area contributed by atoms with Gasteiger partial charge in [0.15, 0.2) is 0 Å². The van der Waals surface area contributed by atoms with Crippen LogP contribution in [0.5, 0.6) is 0 Å². The van der Waals surface area contributed by atoms with Crippen LogP contribution in [0, 0.1) is 17.8 Å². The number of carboxylic acid groups (broad SMARTS) is 1. The van der Waals surface area contributed by atoms with Crippen LogP contribution in [0.15, 0.2) is 36.2 Å². The summed E-state index contributed by atoms with van der Waals surface area (Å²) in [5.74, 6) is -0.560. The number of piperazine rings is 1. The Morgan fingerprint density at radius 3 is 2.77 bits per heavy atom. The number of amides is 1. The number of aliphatic hydroxyl groups excluding tert-OH is 1. The third kappa shape index (κ3) is 7.53. The van der Waals surface area contributed by atoms with Gasteiger partial charge >= 0.3 is 12.1 Å². The topological polar surface area (TPSA) is 112 Å². The summed E-state index contributed by atoms with van der Waals surface area (Å²) in [7, 11) is 0. The smallest absolute Gasteiger partial charge is 0.407 e. The highest BCUT2D eigenvalue weighted by Gasteiger charge is 2.35. The number of cyclic esters (lactones) is 1. The fourth-order valence-electron chi connectivity index (χ4n) is 5.01. The number of ether oxygens (including phenoxy) is 1. The Balaban J connectivity index is 1.94. The van der Waals surface area contributed by atoms with E-state index in [1.54, 1.807) is 18.5 Å². The summed E-state index contributed by atoms with van der Waals surface area (Å²) in [4.78, 5) is 30.2. The molecule has 0 radical (unpaired) electrons. The molecular weight excluding hydrogens is 470 g/mol. The predicted molar refractivity (Wildman–Crippen MR) is 135 cm³/mol. The number of esters is 1. The van der Waals surface area contributed by atoms with Crippen LogP contribution in [0.25, 0.3) is 6.08 Å². The Morgan fingerprint density at radius 1 is 1.29 bits per heavy atom. The number of nitrogens with one attached hydrogen (secondary N) is 1. The molecule has 8 nitrogen and oxygen atoms in total. The van der Waals surface area contributed by atoms with E-state index >= 15 is 0 Å². The number of hydrogen-bond donors (Lipinski definition) is 3. The maximum Gasteiger partial charge on any atom is 0.407 e. The van der Waals surface area contributed by atoms with Gasteiger partial charge in [-0.15, -0.1) is 0 Å². The monoisotopic (exact) mass is 505 g/mol. The first-order chi connectivity index (χ1) is 16.7. The van der Waals surface area contributed by atoms with Crippen molar-refractivity contribution in [3.63, 3.8) is 0 Å². The summed E-state index contributed by atoms with van der Waals surface area (Å²) in [6.45, 7) is 7.58. The molecule has 1 aromatic rings. The summed E-state index contributed by atoms with van der Waals surface area (Å²) in [5.41, 5.74) is 1.62. The Labute approximate surface area is 212 Å². The quantitative estimate of drug-likeness (QED) is 0.420. The Kier molecular flexibility index (Phi) is 9.71. The lowest BCUT2D eigenvalue weighted by atomic mass is 9.80. The maximum absolute atomic E-state index is 12.6. The number of rotatable bonds is 3. The summed E-state index contributed by atoms with van der Waals surface area (Å²) in [6, 6.07) is 1.57. The molecule has 0 aliphatic carbocycles. The summed E-state index contributed by atoms with van der Waals surface area (Å²) < 4.78 is 5.85. The van der Waals surface area contributed by atoms with E-state index in [1.807, 2.05) is 26.0 Å². The van der Waals surface area contributed by atoms with Crippen molar-refractivity contribution >= 4 is 29.7 Å². The van der Waals surface area contributed by atoms with Gasteiger partial charge in [-0.2, -0.15) is 0 Å². The average molecular weight is 506 g/mol. The number of hydrogen-bond acceptors (Lipinski definition) is 6. The maximum atomic E-state index is 12.6. The Hall–Kier alpha value is -2.42. The molecule has 3 N–H and O–H groups in total. The summed E-state index contributed by atoms with van der Waals surface area (Å²) in [5, 5.41) is 24.1. The molecule has 192 valence electrons. The lowest BCUT2D eigenvalue weighted by Gasteiger charge is -2.40. The van der Waals surface area contributed by atoms with E-state index in [2.05, 4.69) is 23.3 Å². The van der Waals surface area contributed by atoms with Crippen LogP contribution in [0.1, 0.15) is 45.6 Å². The first-order valence-corrected chi connectivity index (χ1v) is 12.6. The number of aromatic nitrogens is 1. The zero-order valence-corrected chi connectivity index (χ0v) is 21.3. The minimum Gasteiger partial charge on any atom is -0.465 e. The molecule has 1 aromatic heterocycles. The van der Waals surface area contributed by atoms with E-state index in [9.17, 15) is 19.8 Å². The standard InChI is InChI=1S/C26H36ClN3O5/c1-16-4-6-21(31)12-24(32)35-25(18(3)10-19-11-20(27)14-29-13-19)17(2)5-7-22(16)23-15-28-8-9-30(23)26(33)34/h5,7,10-11,13-14,16-17,21-23,25,28,31H,4,6,8-9,12,15H2,1-3H3,(H,33,34)/b7-5+,18-10+/t16-,17-,21+,22-,23+,25?/m0/s1. The molecule has 0 bridgehead atoms. The number of carbonyl (C=O) groups is 2. The largest absolute Gasteiger partial charge is 0.465 e. The molecule has 2 aliphatic heterocycles. The Bertz CT molecular complexity index is 953. The van der Waals surface area contributed by atoms with Gasteiger partial charge in [0, 0.05) is 43.9 Å². The molecule has 1 fully saturated rings. The van der Waals surface area contributed by atoms with Gasteiger partial charge in [-0.3, -0.25) is 9.78 Å². The predicted octanol–water partition coefficient (Wildman–Crippen LogP) is 3.99. The highest BCUT2D eigenvalue weighted by Crippen LogP contribution is 2.30. The molecule has 9 heteroatoms. The van der Waals surface area contributed by atoms with Crippen LogP contribution >= 0.6 is 11.6 Å². The van der Waals surface area contributed by atoms with Crippen LogP contribution in [-0.4, -0.2) is 70.0 Å². The van der Waals surface area contributed by atoms with Crippen molar-refractivity contribution in [3.05, 3.63) is 46.8 Å². The van der Waals surface area contributed by atoms with Crippen LogP contribution in [0.3, 0.4) is 0 Å². The van der Waals surface area contributed by atoms with Crippen LogP contribution in [0.2, 0.25) is 5.02 Å². The molecule has 2 aliphatic rings. The van der Waals surface area contributed by atoms with E-state index in [4.69, 9.17) is 16.3 Å². The van der Waals surface area contributed by atoms with Crippen molar-refractivity contribution in [2.24, 2.45) is 17.8 Å². The fourth-order valence-corrected chi connectivity index (χ4v) is 5.19. The van der Waals surface area contributed by atoms with E-state index in [0.717, 1.165) is 11.1 Å². The molecule has 3 rings (SSSR count). The normalized spacial score (nSPS) is 32.2. The second-order valence-electron chi connectivity index (χ2n) is 9.72. The molecule has 6 atom stereocenters. The van der Waals surface area contributed by atoms with Gasteiger partial charge in [0.25, 0.3) is 0 Å². The molecule has 0 saturated carbocycles. The van der Waals surface area contributed by atoms with Gasteiger partial charge in [0.1, 0.15) is 6.10 Å². The van der Waals surface area contributed by atoms with Gasteiger partial charge in [0.2, 0.25) is 0 Å². The molecule has 0 aromatic carbocycles. The van der Waals surface area contributed by atoms with Gasteiger partial charge in [-0.05, 0) is 42.9 Å². The second-order valence-corrected chi connectivity index (χ2v) is 10.2. The second kappa shape index (κ2) is 12.5. The van der Waals surface area contributed by atoms with Gasteiger partial charge in [-0.1, -0.05) is 43.7 Å². The highest BCUT2D eigenvalue weighted by molar-refractivity contribution is 6.30. The van der Waals surface area contributed by atoms with E-state index in [1.165, 1.54) is 4.90 Å². The first kappa shape index (κ1) is 27.2. The lowest BCUT2D eigenvalue weighted by Crippen LogP contribution is -2.57. The van der Waals surface area contributed by atoms with Crippen molar-refractivity contribution in [1.29, 1.82) is 0 Å². The van der Waals surface area contributed by atoms with Crippen LogP contribution in [-0.2, 0) is 9.53 Å². The lowest BCUT2D eigenvalue weighted by molar-refractivity contribution is -0.151. The molecule has 0 spiro atoms. The summed E-state index contributed by atoms with van der Waals surface area (Å²) >= 11 is 6.07. The molecule has 1 amide bonds. The fraction of sp³-hybridized carbons (Fsp3) is 0.577. The van der Waals surface area contributed by atoms with E-state index < -0.39 is 24.3 Å². The number of carbonyl (C=O) groups excluding carboxylic acids is 1. The molecule has 3 heterocycles. The molecule has 1 unspecified atom stereocenters. The first-order valence-electron chi connectivity index (χ1n) is 12.2. The van der Waals surface area contributed by atoms with Crippen molar-refractivity contribution in [1.82, 2.24) is 15.2 Å². The van der Waals surface area contributed by atoms with Gasteiger partial charge < -0.3 is 25.2 Å². The van der Waals surface area contributed by atoms with Crippen molar-refractivity contribution in [2.75, 3.05) is 19.6 Å². The number of nitrogens with zero attached hydrogens (tertiary/aromatic N) is 2. The number of pyridine rings is 1. The Morgan fingerprint density at radius 2 is 2.06 bits per heavy atom. The van der Waals surface area contributed by atoms with Gasteiger partial charge in [-0.25, -0.2) is 4.79 Å². The van der Waals surface area contributed by atoms with E-state index in [-0.39, 0.29) is 30.2 Å². The van der Waals surface area contributed by atoms with E-state index in [0.29, 0.717) is 37.5 Å². The number of aliphatic hydroxyl groups is 1. The third-order valence-corrected chi connectivity index (χ3v) is 7.14. The van der Waals surface area contributed by atoms with Crippen LogP contribution in [0.4, 0.5) is 4.79 Å². The molecular formula is C26H36ClN3O5. The zero-order valence-electron chi connectivity index (χ0n) is 20.6.